The Balaban J connectivity index is 2.69. The Hall–Kier alpha value is -1.25. The molecule has 68 valence electrons. The van der Waals surface area contributed by atoms with E-state index in [9.17, 15) is 13.6 Å². The predicted octanol–water partition coefficient (Wildman–Crippen LogP) is 2.65. The Labute approximate surface area is 74.4 Å². The van der Waals surface area contributed by atoms with Crippen LogP contribution in [0, 0.1) is 11.6 Å². The average molecular weight is 182 g/mol. The molecule has 1 nitrogen and oxygen atoms in total. The van der Waals surface area contributed by atoms with Gasteiger partial charge in [-0.3, -0.25) is 4.79 Å². The summed E-state index contributed by atoms with van der Waals surface area (Å²) in [4.78, 5) is 11.2. The predicted molar refractivity (Wildman–Crippen MR) is 43.7 cm³/mol. The first-order chi connectivity index (χ1) is 6.09. The fourth-order valence-electron chi connectivity index (χ4n) is 1.81. The summed E-state index contributed by atoms with van der Waals surface area (Å²) < 4.78 is 25.9. The molecule has 0 fully saturated rings. The summed E-state index contributed by atoms with van der Waals surface area (Å²) in [6.45, 7) is 1.77. The molecule has 0 bridgehead atoms. The van der Waals surface area contributed by atoms with Gasteiger partial charge in [0.2, 0.25) is 0 Å². The molecule has 1 unspecified atom stereocenters. The van der Waals surface area contributed by atoms with Crippen molar-refractivity contribution in [3.63, 3.8) is 0 Å². The molecule has 1 aromatic carbocycles. The molecule has 0 aliphatic heterocycles. The van der Waals surface area contributed by atoms with Crippen LogP contribution in [0.2, 0.25) is 0 Å². The fraction of sp³-hybridized carbons (Fsp3) is 0.300. The first-order valence-electron chi connectivity index (χ1n) is 4.11. The second-order valence-corrected chi connectivity index (χ2v) is 3.38. The Bertz CT molecular complexity index is 385. The number of Topliss-reactive ketones (excluding diaryl/α,β-unsaturated/α-hetero) is 1. The number of ketones is 1. The highest BCUT2D eigenvalue weighted by molar-refractivity contribution is 6.01. The van der Waals surface area contributed by atoms with Crippen molar-refractivity contribution in [1.29, 1.82) is 0 Å². The fourth-order valence-corrected chi connectivity index (χ4v) is 1.81. The van der Waals surface area contributed by atoms with E-state index in [0.717, 1.165) is 12.1 Å². The zero-order valence-electron chi connectivity index (χ0n) is 7.10. The number of carbonyl (C=O) groups excluding carboxylic acids is 1. The van der Waals surface area contributed by atoms with Crippen molar-refractivity contribution in [2.75, 3.05) is 0 Å². The Kier molecular flexibility index (Phi) is 1.68. The van der Waals surface area contributed by atoms with Gasteiger partial charge in [-0.15, -0.1) is 0 Å². The van der Waals surface area contributed by atoms with Crippen LogP contribution in [-0.4, -0.2) is 5.78 Å². The molecule has 3 heteroatoms. The van der Waals surface area contributed by atoms with Crippen molar-refractivity contribution in [3.8, 4) is 0 Å². The summed E-state index contributed by atoms with van der Waals surface area (Å²) in [5.74, 6) is -1.57. The van der Waals surface area contributed by atoms with Gasteiger partial charge in [0.25, 0.3) is 0 Å². The van der Waals surface area contributed by atoms with Gasteiger partial charge in [-0.05, 0) is 12.0 Å². The molecule has 0 radical (unpaired) electrons. The zero-order chi connectivity index (χ0) is 9.59. The van der Waals surface area contributed by atoms with Gasteiger partial charge in [-0.1, -0.05) is 6.92 Å². The molecule has 2 rings (SSSR count). The summed E-state index contributed by atoms with van der Waals surface area (Å²) in [5.41, 5.74) is 0.580. The molecule has 0 spiro atoms. The van der Waals surface area contributed by atoms with Crippen LogP contribution < -0.4 is 0 Å². The molecule has 0 aromatic heterocycles. The van der Waals surface area contributed by atoms with Crippen molar-refractivity contribution in [1.82, 2.24) is 0 Å². The smallest absolute Gasteiger partial charge is 0.163 e. The summed E-state index contributed by atoms with van der Waals surface area (Å²) in [7, 11) is 0. The number of hydrogen-bond acceptors (Lipinski definition) is 1. The van der Waals surface area contributed by atoms with E-state index in [4.69, 9.17) is 0 Å². The number of rotatable bonds is 0. The van der Waals surface area contributed by atoms with Crippen LogP contribution in [0.15, 0.2) is 12.1 Å². The summed E-state index contributed by atoms with van der Waals surface area (Å²) in [6, 6.07) is 1.94. The maximum Gasteiger partial charge on any atom is 0.163 e. The first-order valence-corrected chi connectivity index (χ1v) is 4.11. The lowest BCUT2D eigenvalue weighted by molar-refractivity contribution is 0.0990. The van der Waals surface area contributed by atoms with Crippen LogP contribution in [0.5, 0.6) is 0 Å². The normalized spacial score (nSPS) is 20.5. The van der Waals surface area contributed by atoms with Crippen LogP contribution in [0.4, 0.5) is 8.78 Å². The molecular formula is C10H8F2O. The van der Waals surface area contributed by atoms with Crippen molar-refractivity contribution in [2.24, 2.45) is 0 Å². The van der Waals surface area contributed by atoms with Gasteiger partial charge in [0.15, 0.2) is 5.78 Å². The molecule has 0 heterocycles. The van der Waals surface area contributed by atoms with E-state index in [2.05, 4.69) is 0 Å². The molecule has 13 heavy (non-hydrogen) atoms. The highest BCUT2D eigenvalue weighted by Gasteiger charge is 2.29. The van der Waals surface area contributed by atoms with E-state index in [1.807, 2.05) is 0 Å². The monoisotopic (exact) mass is 182 g/mol. The number of fused-ring (bicyclic) bond motifs is 1. The van der Waals surface area contributed by atoms with E-state index in [0.29, 0.717) is 5.56 Å². The topological polar surface area (TPSA) is 17.1 Å². The van der Waals surface area contributed by atoms with E-state index in [1.54, 1.807) is 6.92 Å². The van der Waals surface area contributed by atoms with Gasteiger partial charge in [-0.25, -0.2) is 8.78 Å². The quantitative estimate of drug-likeness (QED) is 0.602. The lowest BCUT2D eigenvalue weighted by atomic mass is 10.0. The zero-order valence-corrected chi connectivity index (χ0v) is 7.10. The third-order valence-corrected chi connectivity index (χ3v) is 2.38. The second kappa shape index (κ2) is 2.62. The lowest BCUT2D eigenvalue weighted by Crippen LogP contribution is -1.95. The van der Waals surface area contributed by atoms with Gasteiger partial charge >= 0.3 is 0 Å². The van der Waals surface area contributed by atoms with E-state index in [1.165, 1.54) is 0 Å². The lowest BCUT2D eigenvalue weighted by Gasteiger charge is -2.03. The first kappa shape index (κ1) is 8.35. The van der Waals surface area contributed by atoms with Gasteiger partial charge in [0.1, 0.15) is 11.6 Å². The minimum Gasteiger partial charge on any atom is -0.294 e. The standard InChI is InChI=1S/C10H8F2O/c1-5-2-9(13)7-3-6(11)4-8(12)10(5)7/h3-5H,2H2,1H3. The Morgan fingerprint density at radius 1 is 1.38 bits per heavy atom. The Morgan fingerprint density at radius 3 is 2.77 bits per heavy atom. The minimum atomic E-state index is -0.682. The molecule has 0 saturated heterocycles. The largest absolute Gasteiger partial charge is 0.294 e. The molecule has 0 N–H and O–H groups in total. The van der Waals surface area contributed by atoms with Crippen LogP contribution >= 0.6 is 0 Å². The Morgan fingerprint density at radius 2 is 2.08 bits per heavy atom. The van der Waals surface area contributed by atoms with E-state index < -0.39 is 11.6 Å². The van der Waals surface area contributed by atoms with Crippen molar-refractivity contribution in [3.05, 3.63) is 34.9 Å². The summed E-state index contributed by atoms with van der Waals surface area (Å²) >= 11 is 0. The van der Waals surface area contributed by atoms with Gasteiger partial charge in [0, 0.05) is 23.6 Å². The van der Waals surface area contributed by atoms with Crippen molar-refractivity contribution in [2.45, 2.75) is 19.3 Å². The molecule has 1 aliphatic carbocycles. The minimum absolute atomic E-state index is 0.122. The number of halogens is 2. The molecule has 1 atom stereocenters. The highest BCUT2D eigenvalue weighted by Crippen LogP contribution is 2.34. The number of benzene rings is 1. The van der Waals surface area contributed by atoms with Gasteiger partial charge < -0.3 is 0 Å². The van der Waals surface area contributed by atoms with Gasteiger partial charge in [-0.2, -0.15) is 0 Å². The SMILES string of the molecule is CC1CC(=O)c2cc(F)cc(F)c21. The maximum atomic E-state index is 13.2. The highest BCUT2D eigenvalue weighted by atomic mass is 19.1. The molecule has 1 aliphatic rings. The van der Waals surface area contributed by atoms with E-state index in [-0.39, 0.29) is 23.7 Å². The third kappa shape index (κ3) is 1.15. The van der Waals surface area contributed by atoms with Crippen LogP contribution in [-0.2, 0) is 0 Å². The van der Waals surface area contributed by atoms with Crippen LogP contribution in [0.3, 0.4) is 0 Å². The number of hydrogen-bond donors (Lipinski definition) is 0. The molecular weight excluding hydrogens is 174 g/mol. The maximum absolute atomic E-state index is 13.2. The van der Waals surface area contributed by atoms with E-state index >= 15 is 0 Å². The molecule has 0 saturated carbocycles. The van der Waals surface area contributed by atoms with Crippen molar-refractivity contribution < 1.29 is 13.6 Å². The van der Waals surface area contributed by atoms with Crippen molar-refractivity contribution >= 4 is 5.78 Å². The van der Waals surface area contributed by atoms with Crippen LogP contribution in [0.25, 0.3) is 0 Å². The third-order valence-electron chi connectivity index (χ3n) is 2.38. The molecule has 1 aromatic rings. The second-order valence-electron chi connectivity index (χ2n) is 3.38. The van der Waals surface area contributed by atoms with Gasteiger partial charge in [0.05, 0.1) is 0 Å². The van der Waals surface area contributed by atoms with Crippen LogP contribution in [0.1, 0.15) is 35.2 Å². The molecule has 0 amide bonds. The number of carbonyl (C=O) groups is 1. The average Bonchev–Trinajstić information content (AvgIpc) is 2.27. The summed E-state index contributed by atoms with van der Waals surface area (Å²) in [6.07, 6.45) is 0.287. The summed E-state index contributed by atoms with van der Waals surface area (Å²) in [5, 5.41) is 0.